The summed E-state index contributed by atoms with van der Waals surface area (Å²) in [5.74, 6) is 0.543. The molecule has 14 heavy (non-hydrogen) atoms. The molecule has 1 heterocycles. The van der Waals surface area contributed by atoms with Crippen LogP contribution in [0.25, 0.3) is 0 Å². The number of carbonyl (C=O) groups is 1. The first-order chi connectivity index (χ1) is 6.81. The normalized spacial score (nSPS) is 14.9. The van der Waals surface area contributed by atoms with Gasteiger partial charge in [-0.2, -0.15) is 0 Å². The van der Waals surface area contributed by atoms with E-state index in [0.29, 0.717) is 12.3 Å². The summed E-state index contributed by atoms with van der Waals surface area (Å²) in [4.78, 5) is 11.2. The minimum atomic E-state index is -0.0190. The monoisotopic (exact) mass is 194 g/mol. The van der Waals surface area contributed by atoms with Gasteiger partial charge in [0.1, 0.15) is 0 Å². The Morgan fingerprint density at radius 1 is 1.50 bits per heavy atom. The predicted octanol–water partition coefficient (Wildman–Crippen LogP) is 1.90. The molecule has 1 aliphatic rings. The molecular weight excluding hydrogens is 180 g/mol. The molecule has 4 nitrogen and oxygen atoms in total. The number of aryl methyl sites for hydroxylation is 1. The summed E-state index contributed by atoms with van der Waals surface area (Å²) in [7, 11) is 0. The van der Waals surface area contributed by atoms with Crippen LogP contribution in [0.2, 0.25) is 0 Å². The average molecular weight is 194 g/mol. The van der Waals surface area contributed by atoms with E-state index in [0.717, 1.165) is 30.5 Å². The van der Waals surface area contributed by atoms with Crippen LogP contribution in [-0.4, -0.2) is 11.1 Å². The van der Waals surface area contributed by atoms with Crippen LogP contribution < -0.4 is 5.32 Å². The lowest BCUT2D eigenvalue weighted by Gasteiger charge is -2.08. The molecule has 0 aliphatic heterocycles. The number of nitrogens with one attached hydrogen (secondary N) is 1. The molecule has 0 spiro atoms. The van der Waals surface area contributed by atoms with Gasteiger partial charge in [-0.25, -0.2) is 0 Å². The van der Waals surface area contributed by atoms with Crippen molar-refractivity contribution < 1.29 is 9.32 Å². The zero-order valence-corrected chi connectivity index (χ0v) is 8.30. The minimum absolute atomic E-state index is 0.0190. The number of carbonyl (C=O) groups excluding carboxylic acids is 1. The van der Waals surface area contributed by atoms with E-state index in [4.69, 9.17) is 4.52 Å². The van der Waals surface area contributed by atoms with E-state index in [-0.39, 0.29) is 5.91 Å². The third kappa shape index (κ3) is 1.64. The molecular formula is C10H14N2O2. The van der Waals surface area contributed by atoms with E-state index in [1.807, 2.05) is 6.92 Å². The number of rotatable bonds is 2. The molecule has 1 aromatic rings. The molecule has 0 aromatic carbocycles. The number of anilines is 1. The molecule has 1 amide bonds. The highest BCUT2D eigenvalue weighted by molar-refractivity contribution is 5.89. The van der Waals surface area contributed by atoms with E-state index in [1.54, 1.807) is 0 Å². The van der Waals surface area contributed by atoms with Crippen molar-refractivity contribution in [1.82, 2.24) is 5.16 Å². The predicted molar refractivity (Wildman–Crippen MR) is 52.1 cm³/mol. The van der Waals surface area contributed by atoms with Crippen molar-refractivity contribution in [1.29, 1.82) is 0 Å². The Balaban J connectivity index is 2.18. The number of amides is 1. The van der Waals surface area contributed by atoms with Gasteiger partial charge in [0.2, 0.25) is 11.8 Å². The average Bonchev–Trinajstić information content (AvgIpc) is 2.62. The van der Waals surface area contributed by atoms with Gasteiger partial charge in [0.25, 0.3) is 0 Å². The van der Waals surface area contributed by atoms with E-state index < -0.39 is 0 Å². The molecule has 76 valence electrons. The number of aromatic nitrogens is 1. The molecule has 0 saturated carbocycles. The van der Waals surface area contributed by atoms with Crippen LogP contribution in [0.1, 0.15) is 37.4 Å². The third-order valence-corrected chi connectivity index (χ3v) is 2.53. The fourth-order valence-electron chi connectivity index (χ4n) is 1.70. The fraction of sp³-hybridized carbons (Fsp3) is 0.600. The van der Waals surface area contributed by atoms with Crippen molar-refractivity contribution in [3.63, 3.8) is 0 Å². The van der Waals surface area contributed by atoms with Crippen LogP contribution in [0.15, 0.2) is 4.52 Å². The largest absolute Gasteiger partial charge is 0.338 e. The number of fused-ring (bicyclic) bond motifs is 1. The Bertz CT molecular complexity index is 344. The Morgan fingerprint density at radius 3 is 3.07 bits per heavy atom. The van der Waals surface area contributed by atoms with Gasteiger partial charge in [0.15, 0.2) is 0 Å². The quantitative estimate of drug-likeness (QED) is 0.782. The van der Waals surface area contributed by atoms with Crippen molar-refractivity contribution in [2.75, 3.05) is 5.32 Å². The lowest BCUT2D eigenvalue weighted by Crippen LogP contribution is -2.11. The van der Waals surface area contributed by atoms with E-state index >= 15 is 0 Å². The van der Waals surface area contributed by atoms with Gasteiger partial charge < -0.3 is 4.52 Å². The zero-order valence-electron chi connectivity index (χ0n) is 8.30. The summed E-state index contributed by atoms with van der Waals surface area (Å²) in [6.07, 6.45) is 4.73. The van der Waals surface area contributed by atoms with Gasteiger partial charge in [0.05, 0.1) is 5.69 Å². The second-order valence-corrected chi connectivity index (χ2v) is 3.55. The van der Waals surface area contributed by atoms with Crippen LogP contribution in [0.4, 0.5) is 5.88 Å². The lowest BCUT2D eigenvalue weighted by atomic mass is 9.98. The molecule has 1 aromatic heterocycles. The summed E-state index contributed by atoms with van der Waals surface area (Å²) in [5, 5.41) is 6.69. The van der Waals surface area contributed by atoms with Crippen LogP contribution >= 0.6 is 0 Å². The first-order valence-corrected chi connectivity index (χ1v) is 5.08. The van der Waals surface area contributed by atoms with Crippen LogP contribution in [-0.2, 0) is 17.6 Å². The van der Waals surface area contributed by atoms with Gasteiger partial charge in [0, 0.05) is 12.0 Å². The van der Waals surface area contributed by atoms with Gasteiger partial charge >= 0.3 is 0 Å². The summed E-state index contributed by atoms with van der Waals surface area (Å²) >= 11 is 0. The Morgan fingerprint density at radius 2 is 2.29 bits per heavy atom. The molecule has 0 unspecified atom stereocenters. The summed E-state index contributed by atoms with van der Waals surface area (Å²) in [6, 6.07) is 0. The van der Waals surface area contributed by atoms with Gasteiger partial charge in [-0.05, 0) is 25.7 Å². The molecule has 2 rings (SSSR count). The molecule has 0 fully saturated rings. The highest BCUT2D eigenvalue weighted by atomic mass is 16.5. The highest BCUT2D eigenvalue weighted by Crippen LogP contribution is 2.27. The van der Waals surface area contributed by atoms with Crippen molar-refractivity contribution in [2.45, 2.75) is 39.0 Å². The Labute approximate surface area is 82.7 Å². The van der Waals surface area contributed by atoms with Gasteiger partial charge in [-0.15, -0.1) is 0 Å². The Kier molecular flexibility index (Phi) is 2.52. The Hall–Kier alpha value is -1.32. The molecule has 0 radical (unpaired) electrons. The molecule has 1 aliphatic carbocycles. The summed E-state index contributed by atoms with van der Waals surface area (Å²) in [5.41, 5.74) is 2.11. The van der Waals surface area contributed by atoms with Crippen LogP contribution in [0, 0.1) is 0 Å². The number of hydrogen-bond donors (Lipinski definition) is 1. The molecule has 0 bridgehead atoms. The maximum absolute atomic E-state index is 11.2. The SMILES string of the molecule is CCC(=O)Nc1onc2c1CCCC2. The minimum Gasteiger partial charge on any atom is -0.338 e. The van der Waals surface area contributed by atoms with Crippen molar-refractivity contribution in [3.8, 4) is 0 Å². The first-order valence-electron chi connectivity index (χ1n) is 5.08. The number of nitrogens with zero attached hydrogens (tertiary/aromatic N) is 1. The highest BCUT2D eigenvalue weighted by Gasteiger charge is 2.19. The molecule has 0 saturated heterocycles. The topological polar surface area (TPSA) is 55.1 Å². The maximum atomic E-state index is 11.2. The van der Waals surface area contributed by atoms with Crippen molar-refractivity contribution in [3.05, 3.63) is 11.3 Å². The maximum Gasteiger partial charge on any atom is 0.234 e. The third-order valence-electron chi connectivity index (χ3n) is 2.53. The smallest absolute Gasteiger partial charge is 0.234 e. The first kappa shape index (κ1) is 9.24. The number of hydrogen-bond acceptors (Lipinski definition) is 3. The second kappa shape index (κ2) is 3.82. The van der Waals surface area contributed by atoms with Gasteiger partial charge in [-0.3, -0.25) is 10.1 Å². The van der Waals surface area contributed by atoms with E-state index in [1.165, 1.54) is 6.42 Å². The second-order valence-electron chi connectivity index (χ2n) is 3.55. The van der Waals surface area contributed by atoms with Crippen molar-refractivity contribution in [2.24, 2.45) is 0 Å². The van der Waals surface area contributed by atoms with Crippen LogP contribution in [0.5, 0.6) is 0 Å². The van der Waals surface area contributed by atoms with Crippen molar-refractivity contribution >= 4 is 11.8 Å². The molecule has 4 heteroatoms. The van der Waals surface area contributed by atoms with E-state index in [9.17, 15) is 4.79 Å². The summed E-state index contributed by atoms with van der Waals surface area (Å²) < 4.78 is 5.11. The molecule has 1 N–H and O–H groups in total. The van der Waals surface area contributed by atoms with E-state index in [2.05, 4.69) is 10.5 Å². The zero-order chi connectivity index (χ0) is 9.97. The standard InChI is InChI=1S/C10H14N2O2/c1-2-9(13)11-10-7-5-3-4-6-8(7)12-14-10/h2-6H2,1H3,(H,11,13). The summed E-state index contributed by atoms with van der Waals surface area (Å²) in [6.45, 7) is 1.82. The fourth-order valence-corrected chi connectivity index (χ4v) is 1.70. The molecule has 0 atom stereocenters. The van der Waals surface area contributed by atoms with Crippen LogP contribution in [0.3, 0.4) is 0 Å². The van der Waals surface area contributed by atoms with Gasteiger partial charge in [-0.1, -0.05) is 12.1 Å². The lowest BCUT2D eigenvalue weighted by molar-refractivity contribution is -0.116.